The van der Waals surface area contributed by atoms with Crippen LogP contribution in [0, 0.1) is 5.82 Å². The molecule has 158 valence electrons. The van der Waals surface area contributed by atoms with Gasteiger partial charge in [0.2, 0.25) is 5.91 Å². The quantitative estimate of drug-likeness (QED) is 0.732. The number of carbonyl (C=O) groups excluding carboxylic acids is 2. The van der Waals surface area contributed by atoms with Gasteiger partial charge in [-0.15, -0.1) is 0 Å². The molecule has 1 aromatic heterocycles. The Morgan fingerprint density at radius 2 is 1.97 bits per heavy atom. The number of hydrogen-bond acceptors (Lipinski definition) is 6. The number of amides is 1. The molecule has 0 bridgehead atoms. The number of allylic oxidation sites excluding steroid dienone is 2. The maximum absolute atomic E-state index is 13.6. The molecule has 0 saturated carbocycles. The first kappa shape index (κ1) is 21.4. The molecule has 1 saturated heterocycles. The van der Waals surface area contributed by atoms with E-state index in [1.165, 1.54) is 19.1 Å². The van der Waals surface area contributed by atoms with E-state index in [-0.39, 0.29) is 23.4 Å². The monoisotopic (exact) mass is 411 g/mol. The molecule has 1 amide bonds. The Kier molecular flexibility index (Phi) is 6.44. The topological polar surface area (TPSA) is 101 Å². The van der Waals surface area contributed by atoms with Crippen LogP contribution in [0.1, 0.15) is 51.0 Å². The van der Waals surface area contributed by atoms with Gasteiger partial charge in [0.25, 0.3) is 0 Å². The normalized spacial score (nSPS) is 17.3. The average Bonchev–Trinajstić information content (AvgIpc) is 2.67. The third-order valence-electron chi connectivity index (χ3n) is 5.07. The van der Waals surface area contributed by atoms with Gasteiger partial charge < -0.3 is 16.0 Å². The predicted octanol–water partition coefficient (Wildman–Crippen LogP) is 3.36. The van der Waals surface area contributed by atoms with E-state index < -0.39 is 0 Å². The fourth-order valence-electron chi connectivity index (χ4n) is 3.69. The zero-order chi connectivity index (χ0) is 21.8. The van der Waals surface area contributed by atoms with Crippen LogP contribution >= 0.6 is 0 Å². The lowest BCUT2D eigenvalue weighted by Crippen LogP contribution is -2.38. The van der Waals surface area contributed by atoms with Crippen LogP contribution in [0.4, 0.5) is 15.9 Å². The van der Waals surface area contributed by atoms with Crippen molar-refractivity contribution in [3.05, 3.63) is 53.4 Å². The summed E-state index contributed by atoms with van der Waals surface area (Å²) in [5.41, 5.74) is 7.57. The number of hydrogen-bond donors (Lipinski definition) is 2. The highest BCUT2D eigenvalue weighted by atomic mass is 19.1. The van der Waals surface area contributed by atoms with E-state index in [0.717, 1.165) is 12.8 Å². The molecule has 2 aromatic rings. The van der Waals surface area contributed by atoms with Gasteiger partial charge in [-0.05, 0) is 44.9 Å². The number of ketones is 1. The first-order valence-corrected chi connectivity index (χ1v) is 9.89. The lowest BCUT2D eigenvalue weighted by molar-refractivity contribution is -0.130. The highest BCUT2D eigenvalue weighted by molar-refractivity contribution is 6.19. The van der Waals surface area contributed by atoms with Crippen LogP contribution < -0.4 is 11.1 Å². The predicted molar refractivity (Wildman–Crippen MR) is 113 cm³/mol. The molecule has 1 fully saturated rings. The zero-order valence-corrected chi connectivity index (χ0v) is 17.4. The molecule has 0 spiro atoms. The summed E-state index contributed by atoms with van der Waals surface area (Å²) in [5.74, 6) is 0.322. The van der Waals surface area contributed by atoms with Crippen LogP contribution in [0.25, 0.3) is 5.57 Å². The third-order valence-corrected chi connectivity index (χ3v) is 5.07. The van der Waals surface area contributed by atoms with E-state index in [1.807, 2.05) is 0 Å². The van der Waals surface area contributed by atoms with E-state index in [9.17, 15) is 14.0 Å². The summed E-state index contributed by atoms with van der Waals surface area (Å²) < 4.78 is 13.6. The molecule has 8 heteroatoms. The summed E-state index contributed by atoms with van der Waals surface area (Å²) in [6.07, 6.45) is 1.67. The van der Waals surface area contributed by atoms with Crippen molar-refractivity contribution in [1.82, 2.24) is 14.9 Å². The summed E-state index contributed by atoms with van der Waals surface area (Å²) in [6.45, 7) is 5.85. The SMILES string of the molecule is CC(=O)/C(=C(/C)N)c1cc(Nc2cccc(F)c2)nc(C2CCCN(C(C)=O)C2)n1. The molecule has 1 aromatic carbocycles. The fourth-order valence-corrected chi connectivity index (χ4v) is 3.69. The van der Waals surface area contributed by atoms with Gasteiger partial charge in [0.05, 0.1) is 11.3 Å². The molecule has 1 aliphatic heterocycles. The lowest BCUT2D eigenvalue weighted by atomic mass is 9.96. The minimum atomic E-state index is -0.374. The Balaban J connectivity index is 2.05. The van der Waals surface area contributed by atoms with E-state index in [1.54, 1.807) is 36.9 Å². The summed E-state index contributed by atoms with van der Waals surface area (Å²) in [7, 11) is 0. The van der Waals surface area contributed by atoms with E-state index in [0.29, 0.717) is 47.4 Å². The van der Waals surface area contributed by atoms with Crippen molar-refractivity contribution in [2.75, 3.05) is 18.4 Å². The minimum Gasteiger partial charge on any atom is -0.402 e. The van der Waals surface area contributed by atoms with Crippen molar-refractivity contribution in [3.8, 4) is 0 Å². The van der Waals surface area contributed by atoms with Crippen molar-refractivity contribution in [3.63, 3.8) is 0 Å². The first-order chi connectivity index (χ1) is 14.2. The molecule has 2 heterocycles. The average molecular weight is 411 g/mol. The number of Topliss-reactive ketones (excluding diaryl/α,β-unsaturated/α-hetero) is 1. The van der Waals surface area contributed by atoms with Crippen molar-refractivity contribution in [2.45, 2.75) is 39.5 Å². The van der Waals surface area contributed by atoms with Gasteiger partial charge in [0.15, 0.2) is 5.78 Å². The number of halogens is 1. The number of nitrogens with zero attached hydrogens (tertiary/aromatic N) is 3. The number of anilines is 2. The Labute approximate surface area is 175 Å². The molecule has 0 aliphatic carbocycles. The number of likely N-dealkylation sites (tertiary alicyclic amines) is 1. The van der Waals surface area contributed by atoms with Gasteiger partial charge in [-0.25, -0.2) is 14.4 Å². The molecule has 0 radical (unpaired) electrons. The van der Waals surface area contributed by atoms with Crippen LogP contribution in [-0.2, 0) is 9.59 Å². The summed E-state index contributed by atoms with van der Waals surface area (Å²) in [4.78, 5) is 35.1. The molecule has 30 heavy (non-hydrogen) atoms. The number of carbonyl (C=O) groups is 2. The van der Waals surface area contributed by atoms with Crippen LogP contribution in [0.5, 0.6) is 0 Å². The standard InChI is InChI=1S/C22H26FN5O2/c1-13(24)21(14(2)29)19-11-20(25-18-8-4-7-17(23)10-18)27-22(26-19)16-6-5-9-28(12-16)15(3)30/h4,7-8,10-11,16H,5-6,9,12,24H2,1-3H3,(H,25,26,27)/b21-13+. The largest absolute Gasteiger partial charge is 0.402 e. The maximum atomic E-state index is 13.6. The van der Waals surface area contributed by atoms with Gasteiger partial charge >= 0.3 is 0 Å². The number of aromatic nitrogens is 2. The molecule has 1 atom stereocenters. The fraction of sp³-hybridized carbons (Fsp3) is 0.364. The maximum Gasteiger partial charge on any atom is 0.219 e. The molecule has 3 N–H and O–H groups in total. The molecule has 1 unspecified atom stereocenters. The van der Waals surface area contributed by atoms with Gasteiger partial charge in [-0.2, -0.15) is 0 Å². The smallest absolute Gasteiger partial charge is 0.219 e. The summed E-state index contributed by atoms with van der Waals surface area (Å²) >= 11 is 0. The second kappa shape index (κ2) is 9.02. The van der Waals surface area contributed by atoms with Gasteiger partial charge in [-0.1, -0.05) is 6.07 Å². The molecule has 1 aliphatic rings. The minimum absolute atomic E-state index is 0.0103. The Bertz CT molecular complexity index is 1000. The lowest BCUT2D eigenvalue weighted by Gasteiger charge is -2.31. The molecular weight excluding hydrogens is 385 g/mol. The highest BCUT2D eigenvalue weighted by Gasteiger charge is 2.26. The van der Waals surface area contributed by atoms with Gasteiger partial charge in [0, 0.05) is 43.4 Å². The van der Waals surface area contributed by atoms with Crippen molar-refractivity contribution < 1.29 is 14.0 Å². The molecule has 3 rings (SSSR count). The molecular formula is C22H26FN5O2. The van der Waals surface area contributed by atoms with Crippen molar-refractivity contribution in [1.29, 1.82) is 0 Å². The Morgan fingerprint density at radius 1 is 1.20 bits per heavy atom. The van der Waals surface area contributed by atoms with Gasteiger partial charge in [0.1, 0.15) is 17.5 Å². The highest BCUT2D eigenvalue weighted by Crippen LogP contribution is 2.29. The number of piperidine rings is 1. The van der Waals surface area contributed by atoms with Crippen molar-refractivity contribution in [2.24, 2.45) is 5.73 Å². The van der Waals surface area contributed by atoms with Crippen molar-refractivity contribution >= 4 is 28.8 Å². The summed E-state index contributed by atoms with van der Waals surface area (Å²) in [6, 6.07) is 7.66. The second-order valence-corrected chi connectivity index (χ2v) is 7.55. The van der Waals surface area contributed by atoms with Crippen LogP contribution in [0.15, 0.2) is 36.0 Å². The van der Waals surface area contributed by atoms with Gasteiger partial charge in [-0.3, -0.25) is 9.59 Å². The zero-order valence-electron chi connectivity index (χ0n) is 17.4. The van der Waals surface area contributed by atoms with E-state index in [4.69, 9.17) is 5.73 Å². The first-order valence-electron chi connectivity index (χ1n) is 9.89. The number of nitrogens with two attached hydrogens (primary N) is 1. The summed E-state index contributed by atoms with van der Waals surface area (Å²) in [5, 5.41) is 3.08. The van der Waals surface area contributed by atoms with Crippen LogP contribution in [0.2, 0.25) is 0 Å². The number of rotatable bonds is 5. The Morgan fingerprint density at radius 3 is 2.60 bits per heavy atom. The van der Waals surface area contributed by atoms with E-state index >= 15 is 0 Å². The van der Waals surface area contributed by atoms with Crippen LogP contribution in [0.3, 0.4) is 0 Å². The number of benzene rings is 1. The van der Waals surface area contributed by atoms with Crippen LogP contribution in [-0.4, -0.2) is 39.6 Å². The number of nitrogens with one attached hydrogen (secondary N) is 1. The molecule has 7 nitrogen and oxygen atoms in total. The second-order valence-electron chi connectivity index (χ2n) is 7.55. The third kappa shape index (κ3) is 5.00. The van der Waals surface area contributed by atoms with E-state index in [2.05, 4.69) is 15.3 Å². The Hall–Kier alpha value is -3.29.